The van der Waals surface area contributed by atoms with Gasteiger partial charge in [0.15, 0.2) is 0 Å². The Hall–Kier alpha value is -7.82. The van der Waals surface area contributed by atoms with E-state index in [-0.39, 0.29) is 0 Å². The summed E-state index contributed by atoms with van der Waals surface area (Å²) in [7, 11) is 0. The molecule has 0 saturated carbocycles. The molecule has 13 rings (SSSR count). The Morgan fingerprint density at radius 2 is 0.794 bits per heavy atom. The molecule has 0 aliphatic heterocycles. The minimum absolute atomic E-state index is 0.801. The molecule has 2 aromatic heterocycles. The average Bonchev–Trinajstić information content (AvgIpc) is 3.93. The number of hydrogen-bond acceptors (Lipinski definition) is 4. The van der Waals surface area contributed by atoms with E-state index >= 15 is 0 Å². The van der Waals surface area contributed by atoms with Crippen LogP contribution in [-0.4, -0.2) is 32.0 Å². The Morgan fingerprint density at radius 1 is 0.294 bits per heavy atom. The molecule has 0 amide bonds. The van der Waals surface area contributed by atoms with Gasteiger partial charge in [-0.2, -0.15) is 0 Å². The van der Waals surface area contributed by atoms with Gasteiger partial charge in [-0.1, -0.05) is 0 Å². The summed E-state index contributed by atoms with van der Waals surface area (Å²) in [4.78, 5) is 4.62. The maximum atomic E-state index is 6.90. The standard InChI is InChI=1S/C62H38N2O2Se2/c67-59-19-11-10-18-51(59)40-20-24-47(25-21-40)63(45-14-6-2-7-15-45)48-26-22-41-34-54-53-30-31-56-61(62(53)66-57(54)36-43(41)32-48)55-35-42-23-27-49(33-44(42)37-58(55)65-56)64(46-16-8-3-9-17-46)50-28-29-52(60(68)38-50)39-12-4-1-5-13-39/h1-38H. The fourth-order valence-electron chi connectivity index (χ4n) is 9.88. The van der Waals surface area contributed by atoms with E-state index < -0.39 is 0 Å². The molecule has 11 aromatic carbocycles. The fourth-order valence-corrected chi connectivity index (χ4v) is 11.1. The number of anilines is 6. The molecule has 4 nitrogen and oxygen atoms in total. The van der Waals surface area contributed by atoms with Crippen LogP contribution in [0.25, 0.3) is 87.7 Å². The molecule has 0 unspecified atom stereocenters. The number of benzene rings is 11. The number of furan rings is 2. The second-order valence-corrected chi connectivity index (χ2v) is 19.1. The van der Waals surface area contributed by atoms with Gasteiger partial charge in [-0.15, -0.1) is 0 Å². The van der Waals surface area contributed by atoms with Crippen molar-refractivity contribution in [2.45, 2.75) is 0 Å². The van der Waals surface area contributed by atoms with Gasteiger partial charge < -0.3 is 4.42 Å². The van der Waals surface area contributed by atoms with E-state index in [9.17, 15) is 0 Å². The van der Waals surface area contributed by atoms with Crippen molar-refractivity contribution < 1.29 is 8.83 Å². The van der Waals surface area contributed by atoms with Gasteiger partial charge in [-0.3, -0.25) is 0 Å². The van der Waals surface area contributed by atoms with Crippen LogP contribution in [-0.2, 0) is 0 Å². The first kappa shape index (κ1) is 40.5. The first-order valence-electron chi connectivity index (χ1n) is 22.6. The van der Waals surface area contributed by atoms with Gasteiger partial charge in [0.25, 0.3) is 0 Å². The minimum atomic E-state index is 0.801. The van der Waals surface area contributed by atoms with Gasteiger partial charge in [-0.25, -0.2) is 0 Å². The summed E-state index contributed by atoms with van der Waals surface area (Å²) >= 11 is 6.55. The van der Waals surface area contributed by atoms with Crippen molar-refractivity contribution in [2.75, 3.05) is 9.80 Å². The van der Waals surface area contributed by atoms with Crippen molar-refractivity contribution in [1.29, 1.82) is 0 Å². The maximum absolute atomic E-state index is 6.90. The first-order valence-corrected chi connectivity index (χ1v) is 24.3. The van der Waals surface area contributed by atoms with Crippen LogP contribution < -0.4 is 18.7 Å². The van der Waals surface area contributed by atoms with Crippen molar-refractivity contribution in [3.8, 4) is 22.3 Å². The summed E-state index contributed by atoms with van der Waals surface area (Å²) in [5, 5.41) is 8.63. The van der Waals surface area contributed by atoms with Gasteiger partial charge in [0.05, 0.1) is 0 Å². The van der Waals surface area contributed by atoms with Crippen molar-refractivity contribution in [1.82, 2.24) is 0 Å². The molecule has 0 N–H and O–H groups in total. The molecule has 0 fully saturated rings. The SMILES string of the molecule is [Se]c1ccccc1-c1ccc(N(c2ccccc2)c2ccc3cc4c(cc3c2)oc2c4ccc3oc4cc5cc(N(c6ccccc6)c6ccc(-c7ccccc7)c([Se])c6)ccc5cc4c32)cc1. The Kier molecular flexibility index (Phi) is 9.82. The third-order valence-electron chi connectivity index (χ3n) is 13.1. The molecule has 320 valence electrons. The van der Waals surface area contributed by atoms with Crippen molar-refractivity contribution in [2.24, 2.45) is 0 Å². The molecule has 0 aliphatic carbocycles. The number of rotatable bonds is 8. The van der Waals surface area contributed by atoms with Crippen molar-refractivity contribution in [3.63, 3.8) is 0 Å². The fraction of sp³-hybridized carbons (Fsp3) is 0. The molecule has 0 aliphatic rings. The van der Waals surface area contributed by atoms with Crippen molar-refractivity contribution >= 4 is 140 Å². The summed E-state index contributed by atoms with van der Waals surface area (Å²) in [6.45, 7) is 0. The van der Waals surface area contributed by atoms with Crippen LogP contribution in [0.1, 0.15) is 0 Å². The molecule has 0 saturated heterocycles. The van der Waals surface area contributed by atoms with Crippen LogP contribution in [0.5, 0.6) is 0 Å². The molecule has 0 spiro atoms. The van der Waals surface area contributed by atoms with Crippen LogP contribution >= 0.6 is 0 Å². The number of nitrogens with zero attached hydrogens (tertiary/aromatic N) is 2. The Bertz CT molecular complexity index is 4050. The van der Waals surface area contributed by atoms with Gasteiger partial charge in [0.2, 0.25) is 0 Å². The average molecular weight is 1000 g/mol. The Balaban J connectivity index is 0.890. The van der Waals surface area contributed by atoms with Crippen LogP contribution in [0.2, 0.25) is 0 Å². The number of hydrogen-bond donors (Lipinski definition) is 0. The van der Waals surface area contributed by atoms with E-state index in [4.69, 9.17) is 8.83 Å². The monoisotopic (exact) mass is 1000 g/mol. The van der Waals surface area contributed by atoms with Crippen LogP contribution in [0.4, 0.5) is 34.1 Å². The quantitative estimate of drug-likeness (QED) is 0.142. The van der Waals surface area contributed by atoms with Gasteiger partial charge in [0.1, 0.15) is 0 Å². The van der Waals surface area contributed by atoms with E-state index in [1.807, 2.05) is 0 Å². The van der Waals surface area contributed by atoms with Gasteiger partial charge in [-0.05, 0) is 6.07 Å². The molecule has 2 heterocycles. The zero-order valence-electron chi connectivity index (χ0n) is 36.5. The van der Waals surface area contributed by atoms with E-state index in [1.54, 1.807) is 0 Å². The first-order chi connectivity index (χ1) is 33.5. The van der Waals surface area contributed by atoms with Gasteiger partial charge in [0, 0.05) is 10.8 Å². The molecule has 6 heteroatoms. The summed E-state index contributed by atoms with van der Waals surface area (Å²) in [5.74, 6) is 0. The predicted octanol–water partition coefficient (Wildman–Crippen LogP) is 15.7. The third-order valence-corrected chi connectivity index (χ3v) is 14.6. The summed E-state index contributed by atoms with van der Waals surface area (Å²) < 4.78 is 15.8. The molecule has 68 heavy (non-hydrogen) atoms. The summed E-state index contributed by atoms with van der Waals surface area (Å²) in [6, 6.07) is 82.0. The topological polar surface area (TPSA) is 32.8 Å². The van der Waals surface area contributed by atoms with E-state index in [1.165, 1.54) is 22.3 Å². The van der Waals surface area contributed by atoms with E-state index in [0.717, 1.165) is 108 Å². The van der Waals surface area contributed by atoms with Gasteiger partial charge >= 0.3 is 391 Å². The Morgan fingerprint density at radius 3 is 1.44 bits per heavy atom. The normalized spacial score (nSPS) is 11.6. The summed E-state index contributed by atoms with van der Waals surface area (Å²) in [5.41, 5.74) is 14.5. The molecular formula is C62H38N2O2Se2. The molecule has 2 radical (unpaired) electrons. The van der Waals surface area contributed by atoms with Crippen molar-refractivity contribution in [3.05, 3.63) is 231 Å². The van der Waals surface area contributed by atoms with Crippen LogP contribution in [0, 0.1) is 0 Å². The summed E-state index contributed by atoms with van der Waals surface area (Å²) in [6.07, 6.45) is 0. The Labute approximate surface area is 409 Å². The zero-order valence-corrected chi connectivity index (χ0v) is 39.9. The zero-order chi connectivity index (χ0) is 45.3. The van der Waals surface area contributed by atoms with Crippen LogP contribution in [0.3, 0.4) is 0 Å². The number of fused-ring (bicyclic) bond motifs is 9. The predicted molar refractivity (Wildman–Crippen MR) is 287 cm³/mol. The second-order valence-electron chi connectivity index (χ2n) is 17.2. The second kappa shape index (κ2) is 16.5. The van der Waals surface area contributed by atoms with Crippen LogP contribution in [0.15, 0.2) is 239 Å². The molecule has 0 bridgehead atoms. The van der Waals surface area contributed by atoms with E-state index in [2.05, 4.69) is 272 Å². The molecule has 0 atom stereocenters. The van der Waals surface area contributed by atoms with E-state index in [0.29, 0.717) is 0 Å². The third kappa shape index (κ3) is 6.97. The molecule has 13 aromatic rings. The molecular weight excluding hydrogens is 963 g/mol. The number of para-hydroxylation sites is 2.